The molecule has 0 aliphatic heterocycles. The van der Waals surface area contributed by atoms with Gasteiger partial charge in [0, 0.05) is 34.1 Å². The summed E-state index contributed by atoms with van der Waals surface area (Å²) < 4.78 is 5.65. The van der Waals surface area contributed by atoms with Crippen molar-refractivity contribution in [3.8, 4) is 0 Å². The minimum absolute atomic E-state index is 0.250. The highest BCUT2D eigenvalue weighted by Crippen LogP contribution is 2.25. The largest absolute Gasteiger partial charge is 0.451 e. The van der Waals surface area contributed by atoms with Gasteiger partial charge in [-0.3, -0.25) is 9.78 Å². The summed E-state index contributed by atoms with van der Waals surface area (Å²) in [5.41, 5.74) is 3.77. The van der Waals surface area contributed by atoms with Crippen LogP contribution in [0.3, 0.4) is 0 Å². The summed E-state index contributed by atoms with van der Waals surface area (Å²) in [6.45, 7) is 2.01. The Bertz CT molecular complexity index is 1070. The number of pyridine rings is 1. The van der Waals surface area contributed by atoms with Crippen LogP contribution in [0.15, 0.2) is 82.4 Å². The Morgan fingerprint density at radius 2 is 1.96 bits per heavy atom. The third-order valence-electron chi connectivity index (χ3n) is 4.14. The average molecular weight is 374 g/mol. The highest BCUT2D eigenvalue weighted by atomic mass is 32.2. The maximum absolute atomic E-state index is 12.4. The second-order valence-electron chi connectivity index (χ2n) is 6.28. The van der Waals surface area contributed by atoms with Crippen LogP contribution < -0.4 is 5.32 Å². The van der Waals surface area contributed by atoms with E-state index in [9.17, 15) is 4.79 Å². The summed E-state index contributed by atoms with van der Waals surface area (Å²) >= 11 is 1.73. The number of hydrogen-bond acceptors (Lipinski definition) is 4. The van der Waals surface area contributed by atoms with Gasteiger partial charge in [-0.2, -0.15) is 0 Å². The predicted molar refractivity (Wildman–Crippen MR) is 109 cm³/mol. The number of furan rings is 1. The Hall–Kier alpha value is -3.05. The Balaban J connectivity index is 1.40. The molecule has 2 aromatic heterocycles. The maximum Gasteiger partial charge on any atom is 0.291 e. The summed E-state index contributed by atoms with van der Waals surface area (Å²) in [6.07, 6.45) is 3.64. The summed E-state index contributed by atoms with van der Waals surface area (Å²) in [5, 5.41) is 3.82. The molecule has 0 aliphatic rings. The van der Waals surface area contributed by atoms with Gasteiger partial charge >= 0.3 is 0 Å². The zero-order valence-corrected chi connectivity index (χ0v) is 15.6. The molecule has 27 heavy (non-hydrogen) atoms. The zero-order valence-electron chi connectivity index (χ0n) is 14.8. The quantitative estimate of drug-likeness (QED) is 0.457. The molecule has 2 heterocycles. The second kappa shape index (κ2) is 7.68. The third-order valence-corrected chi connectivity index (χ3v) is 5.22. The molecule has 0 radical (unpaired) electrons. The van der Waals surface area contributed by atoms with Crippen LogP contribution in [0.5, 0.6) is 0 Å². The van der Waals surface area contributed by atoms with E-state index < -0.39 is 0 Å². The van der Waals surface area contributed by atoms with Gasteiger partial charge in [-0.15, -0.1) is 11.8 Å². The number of benzene rings is 2. The van der Waals surface area contributed by atoms with Crippen LogP contribution in [0.25, 0.3) is 11.0 Å². The average Bonchev–Trinajstić information content (AvgIpc) is 3.11. The number of carbonyl (C=O) groups excluding carboxylic acids is 1. The third kappa shape index (κ3) is 4.20. The van der Waals surface area contributed by atoms with Crippen molar-refractivity contribution in [2.75, 3.05) is 5.32 Å². The minimum atomic E-state index is -0.250. The highest BCUT2D eigenvalue weighted by molar-refractivity contribution is 7.98. The molecule has 0 saturated carbocycles. The first kappa shape index (κ1) is 17.4. The predicted octanol–water partition coefficient (Wildman–Crippen LogP) is 5.68. The molecule has 1 N–H and O–H groups in total. The lowest BCUT2D eigenvalue weighted by molar-refractivity contribution is 0.0998. The van der Waals surface area contributed by atoms with Crippen molar-refractivity contribution >= 4 is 34.3 Å². The lowest BCUT2D eigenvalue weighted by Crippen LogP contribution is -2.10. The van der Waals surface area contributed by atoms with Crippen molar-refractivity contribution in [2.45, 2.75) is 17.6 Å². The molecule has 134 valence electrons. The second-order valence-corrected chi connectivity index (χ2v) is 7.33. The van der Waals surface area contributed by atoms with Gasteiger partial charge in [-0.25, -0.2) is 0 Å². The summed E-state index contributed by atoms with van der Waals surface area (Å²) in [5.74, 6) is 0.919. The lowest BCUT2D eigenvalue weighted by Gasteiger charge is -2.05. The fourth-order valence-corrected chi connectivity index (χ4v) is 3.58. The maximum atomic E-state index is 12.4. The van der Waals surface area contributed by atoms with E-state index in [1.807, 2.05) is 61.7 Å². The summed E-state index contributed by atoms with van der Waals surface area (Å²) in [7, 11) is 0. The van der Waals surface area contributed by atoms with E-state index in [2.05, 4.69) is 16.4 Å². The van der Waals surface area contributed by atoms with Crippen molar-refractivity contribution in [3.63, 3.8) is 0 Å². The first-order valence-corrected chi connectivity index (χ1v) is 9.59. The first-order chi connectivity index (χ1) is 13.2. The van der Waals surface area contributed by atoms with Crippen LogP contribution in [-0.2, 0) is 5.75 Å². The van der Waals surface area contributed by atoms with Gasteiger partial charge in [-0.05, 0) is 61.0 Å². The van der Waals surface area contributed by atoms with Gasteiger partial charge in [0.1, 0.15) is 5.58 Å². The van der Waals surface area contributed by atoms with Crippen molar-refractivity contribution in [1.29, 1.82) is 0 Å². The number of hydrogen-bond donors (Lipinski definition) is 1. The molecular weight excluding hydrogens is 356 g/mol. The van der Waals surface area contributed by atoms with Crippen molar-refractivity contribution in [2.24, 2.45) is 0 Å². The van der Waals surface area contributed by atoms with E-state index in [1.54, 1.807) is 24.0 Å². The van der Waals surface area contributed by atoms with E-state index >= 15 is 0 Å². The number of amides is 1. The molecule has 0 unspecified atom stereocenters. The van der Waals surface area contributed by atoms with Gasteiger partial charge in [0.05, 0.1) is 0 Å². The summed E-state index contributed by atoms with van der Waals surface area (Å²) in [4.78, 5) is 17.7. The van der Waals surface area contributed by atoms with Gasteiger partial charge < -0.3 is 9.73 Å². The van der Waals surface area contributed by atoms with Crippen LogP contribution >= 0.6 is 11.8 Å². The number of aromatic nitrogens is 1. The molecule has 5 heteroatoms. The number of nitrogens with one attached hydrogen (secondary N) is 1. The number of rotatable bonds is 5. The number of nitrogens with zero attached hydrogens (tertiary/aromatic N) is 1. The number of carbonyl (C=O) groups is 1. The van der Waals surface area contributed by atoms with E-state index in [0.717, 1.165) is 27.3 Å². The Kier molecular flexibility index (Phi) is 4.94. The van der Waals surface area contributed by atoms with Crippen LogP contribution in [0.4, 0.5) is 5.69 Å². The van der Waals surface area contributed by atoms with Gasteiger partial charge in [0.25, 0.3) is 5.91 Å². The van der Waals surface area contributed by atoms with E-state index in [0.29, 0.717) is 11.3 Å². The number of fused-ring (bicyclic) bond motifs is 1. The van der Waals surface area contributed by atoms with E-state index in [1.165, 1.54) is 5.56 Å². The molecule has 4 aromatic rings. The van der Waals surface area contributed by atoms with Gasteiger partial charge in [0.2, 0.25) is 0 Å². The molecule has 4 rings (SSSR count). The van der Waals surface area contributed by atoms with Crippen molar-refractivity contribution in [3.05, 3.63) is 89.9 Å². The lowest BCUT2D eigenvalue weighted by atomic mass is 10.2. The molecule has 4 nitrogen and oxygen atoms in total. The molecule has 0 fully saturated rings. The molecule has 0 aliphatic carbocycles. The van der Waals surface area contributed by atoms with E-state index in [4.69, 9.17) is 4.42 Å². The number of anilines is 1. The zero-order chi connectivity index (χ0) is 18.6. The fourth-order valence-electron chi connectivity index (χ4n) is 2.75. The summed E-state index contributed by atoms with van der Waals surface area (Å²) in [6, 6.07) is 19.4. The Morgan fingerprint density at radius 3 is 2.74 bits per heavy atom. The molecule has 2 aromatic carbocycles. The monoisotopic (exact) mass is 374 g/mol. The molecule has 0 bridgehead atoms. The first-order valence-electron chi connectivity index (χ1n) is 8.61. The van der Waals surface area contributed by atoms with Crippen molar-refractivity contribution < 1.29 is 9.21 Å². The molecule has 0 saturated heterocycles. The minimum Gasteiger partial charge on any atom is -0.451 e. The van der Waals surface area contributed by atoms with Crippen LogP contribution in [0.1, 0.15) is 21.7 Å². The highest BCUT2D eigenvalue weighted by Gasteiger charge is 2.12. The standard InChI is InChI=1S/C22H18N2O2S/c1-15-4-9-20-17(11-15)12-21(26-20)22(25)24-18-5-7-19(8-6-18)27-14-16-3-2-10-23-13-16/h2-13H,14H2,1H3,(H,24,25). The Labute approximate surface area is 161 Å². The Morgan fingerprint density at radius 1 is 1.11 bits per heavy atom. The van der Waals surface area contributed by atoms with Crippen LogP contribution in [0, 0.1) is 6.92 Å². The van der Waals surface area contributed by atoms with Gasteiger partial charge in [-0.1, -0.05) is 17.7 Å². The number of thioether (sulfide) groups is 1. The van der Waals surface area contributed by atoms with Gasteiger partial charge in [0.15, 0.2) is 5.76 Å². The molecular formula is C22H18N2O2S. The molecule has 1 amide bonds. The SMILES string of the molecule is Cc1ccc2oc(C(=O)Nc3ccc(SCc4cccnc4)cc3)cc2c1. The molecule has 0 atom stereocenters. The molecule has 0 spiro atoms. The van der Waals surface area contributed by atoms with Crippen LogP contribution in [0.2, 0.25) is 0 Å². The van der Waals surface area contributed by atoms with Crippen molar-refractivity contribution in [1.82, 2.24) is 4.98 Å². The fraction of sp³-hybridized carbons (Fsp3) is 0.0909. The normalized spacial score (nSPS) is 10.9. The topological polar surface area (TPSA) is 55.1 Å². The van der Waals surface area contributed by atoms with Crippen LogP contribution in [-0.4, -0.2) is 10.9 Å². The van der Waals surface area contributed by atoms with E-state index in [-0.39, 0.29) is 5.91 Å². The smallest absolute Gasteiger partial charge is 0.291 e. The number of aryl methyl sites for hydroxylation is 1.